The molecule has 1 fully saturated rings. The Labute approximate surface area is 217 Å². The van der Waals surface area contributed by atoms with E-state index in [0.29, 0.717) is 27.6 Å². The third-order valence-electron chi connectivity index (χ3n) is 5.21. The van der Waals surface area contributed by atoms with Crippen LogP contribution in [0.2, 0.25) is 5.02 Å². The zero-order chi connectivity index (χ0) is 25.7. The second-order valence-electron chi connectivity index (χ2n) is 7.81. The molecule has 0 unspecified atom stereocenters. The third-order valence-corrected chi connectivity index (χ3v) is 6.37. The fourth-order valence-electron chi connectivity index (χ4n) is 3.42. The molecule has 0 N–H and O–H groups in total. The molecule has 3 aromatic carbocycles. The molecule has 9 heteroatoms. The van der Waals surface area contributed by atoms with Gasteiger partial charge < -0.3 is 14.2 Å². The van der Waals surface area contributed by atoms with Gasteiger partial charge in [-0.1, -0.05) is 35.4 Å². The number of carbonyl (C=O) groups excluding carboxylic acids is 3. The van der Waals surface area contributed by atoms with Gasteiger partial charge >= 0.3 is 5.97 Å². The molecule has 3 aromatic rings. The molecule has 0 saturated carbocycles. The molecule has 1 heterocycles. The third kappa shape index (κ3) is 6.08. The molecule has 1 aliphatic rings. The van der Waals surface area contributed by atoms with Crippen LogP contribution in [0.4, 0.5) is 4.79 Å². The van der Waals surface area contributed by atoms with Gasteiger partial charge in [0.25, 0.3) is 11.1 Å². The van der Waals surface area contributed by atoms with Gasteiger partial charge in [-0.3, -0.25) is 14.5 Å². The van der Waals surface area contributed by atoms with E-state index in [-0.39, 0.29) is 29.0 Å². The number of carbonyl (C=O) groups is 3. The van der Waals surface area contributed by atoms with Crippen LogP contribution in [0, 0.1) is 6.92 Å². The van der Waals surface area contributed by atoms with Crippen molar-refractivity contribution >= 4 is 46.6 Å². The average molecular weight is 524 g/mol. The van der Waals surface area contributed by atoms with E-state index in [1.807, 2.05) is 13.0 Å². The van der Waals surface area contributed by atoms with Gasteiger partial charge in [-0.15, -0.1) is 0 Å². The van der Waals surface area contributed by atoms with Gasteiger partial charge in [0.2, 0.25) is 0 Å². The molecule has 0 aromatic heterocycles. The maximum atomic E-state index is 12.8. The lowest BCUT2D eigenvalue weighted by Crippen LogP contribution is -2.32. The number of methoxy groups -OCH3 is 1. The van der Waals surface area contributed by atoms with Crippen molar-refractivity contribution in [1.82, 2.24) is 4.90 Å². The van der Waals surface area contributed by atoms with Crippen molar-refractivity contribution in [2.24, 2.45) is 0 Å². The van der Waals surface area contributed by atoms with Gasteiger partial charge in [0.1, 0.15) is 12.4 Å². The summed E-state index contributed by atoms with van der Waals surface area (Å²) in [5.41, 5.74) is 1.98. The molecule has 184 valence electrons. The Kier molecular flexibility index (Phi) is 7.97. The number of thioether (sulfide) groups is 1. The van der Waals surface area contributed by atoms with Crippen molar-refractivity contribution in [3.05, 3.63) is 93.3 Å². The van der Waals surface area contributed by atoms with Crippen molar-refractivity contribution in [1.29, 1.82) is 0 Å². The number of aryl methyl sites for hydroxylation is 1. The molecule has 0 radical (unpaired) electrons. The second-order valence-corrected chi connectivity index (χ2v) is 9.23. The fourth-order valence-corrected chi connectivity index (χ4v) is 4.41. The Morgan fingerprint density at radius 1 is 1.03 bits per heavy atom. The Bertz CT molecular complexity index is 1340. The summed E-state index contributed by atoms with van der Waals surface area (Å²) in [6, 6.07) is 18.8. The zero-order valence-corrected chi connectivity index (χ0v) is 21.1. The lowest BCUT2D eigenvalue weighted by atomic mass is 10.1. The van der Waals surface area contributed by atoms with Gasteiger partial charge in [0.15, 0.2) is 11.5 Å². The first kappa shape index (κ1) is 25.3. The van der Waals surface area contributed by atoms with Crippen molar-refractivity contribution in [3.8, 4) is 17.2 Å². The molecule has 0 aliphatic carbocycles. The molecule has 7 nitrogen and oxygen atoms in total. The van der Waals surface area contributed by atoms with Crippen LogP contribution in [0.15, 0.2) is 71.6 Å². The van der Waals surface area contributed by atoms with E-state index in [0.717, 1.165) is 22.2 Å². The van der Waals surface area contributed by atoms with E-state index in [9.17, 15) is 14.4 Å². The van der Waals surface area contributed by atoms with Crippen LogP contribution in [-0.4, -0.2) is 42.3 Å². The first-order valence-electron chi connectivity index (χ1n) is 10.9. The van der Waals surface area contributed by atoms with E-state index in [1.54, 1.807) is 66.7 Å². The molecule has 2 amide bonds. The summed E-state index contributed by atoms with van der Waals surface area (Å²) in [7, 11) is 1.46. The number of imide groups is 1. The molecular formula is C27H22ClNO6S. The van der Waals surface area contributed by atoms with E-state index in [1.165, 1.54) is 7.11 Å². The minimum Gasteiger partial charge on any atom is -0.493 e. The monoisotopic (exact) mass is 523 g/mol. The number of nitrogens with zero attached hydrogens (tertiary/aromatic N) is 1. The first-order valence-corrected chi connectivity index (χ1v) is 12.1. The predicted molar refractivity (Wildman–Crippen MR) is 139 cm³/mol. The summed E-state index contributed by atoms with van der Waals surface area (Å²) in [6.07, 6.45) is 1.60. The van der Waals surface area contributed by atoms with Crippen LogP contribution in [-0.2, 0) is 4.79 Å². The zero-order valence-electron chi connectivity index (χ0n) is 19.5. The van der Waals surface area contributed by atoms with Gasteiger partial charge in [0.05, 0.1) is 24.1 Å². The number of rotatable bonds is 8. The number of halogens is 1. The number of hydrogen-bond acceptors (Lipinski definition) is 7. The van der Waals surface area contributed by atoms with Crippen molar-refractivity contribution in [2.75, 3.05) is 20.3 Å². The standard InChI is InChI=1S/C27H22ClNO6S/c1-17-4-3-5-19(14-17)26(31)35-22-11-6-18(15-23(22)33-2)16-24-25(30)29(27(32)36-24)12-13-34-21-9-7-20(28)8-10-21/h3-11,14-16H,12-13H2,1-2H3/b24-16-. The fraction of sp³-hybridized carbons (Fsp3) is 0.148. The lowest BCUT2D eigenvalue weighted by molar-refractivity contribution is -0.123. The van der Waals surface area contributed by atoms with Gasteiger partial charge in [-0.05, 0) is 78.9 Å². The summed E-state index contributed by atoms with van der Waals surface area (Å²) < 4.78 is 16.5. The predicted octanol–water partition coefficient (Wildman–Crippen LogP) is 5.99. The normalized spacial score (nSPS) is 14.3. The topological polar surface area (TPSA) is 82.1 Å². The summed E-state index contributed by atoms with van der Waals surface area (Å²) in [4.78, 5) is 39.1. The van der Waals surface area contributed by atoms with Crippen LogP contribution < -0.4 is 14.2 Å². The van der Waals surface area contributed by atoms with Gasteiger partial charge in [-0.2, -0.15) is 0 Å². The average Bonchev–Trinajstić information content (AvgIpc) is 3.13. The minimum absolute atomic E-state index is 0.113. The lowest BCUT2D eigenvalue weighted by Gasteiger charge is -2.13. The van der Waals surface area contributed by atoms with Crippen LogP contribution in [0.5, 0.6) is 17.2 Å². The van der Waals surface area contributed by atoms with E-state index >= 15 is 0 Å². The Morgan fingerprint density at radius 2 is 1.81 bits per heavy atom. The SMILES string of the molecule is COc1cc(/C=C2\SC(=O)N(CCOc3ccc(Cl)cc3)C2=O)ccc1OC(=O)c1cccc(C)c1. The largest absolute Gasteiger partial charge is 0.493 e. The maximum absolute atomic E-state index is 12.8. The molecule has 1 aliphatic heterocycles. The Morgan fingerprint density at radius 3 is 2.53 bits per heavy atom. The van der Waals surface area contributed by atoms with E-state index < -0.39 is 11.9 Å². The smallest absolute Gasteiger partial charge is 0.343 e. The second kappa shape index (κ2) is 11.3. The number of amides is 2. The molecule has 4 rings (SSSR count). The van der Waals surface area contributed by atoms with E-state index in [4.69, 9.17) is 25.8 Å². The van der Waals surface area contributed by atoms with Crippen LogP contribution in [0.3, 0.4) is 0 Å². The van der Waals surface area contributed by atoms with Crippen LogP contribution >= 0.6 is 23.4 Å². The molecule has 0 bridgehead atoms. The summed E-state index contributed by atoms with van der Waals surface area (Å²) >= 11 is 6.71. The minimum atomic E-state index is -0.508. The highest BCUT2D eigenvalue weighted by atomic mass is 35.5. The highest BCUT2D eigenvalue weighted by Crippen LogP contribution is 2.34. The number of benzene rings is 3. The maximum Gasteiger partial charge on any atom is 0.343 e. The highest BCUT2D eigenvalue weighted by Gasteiger charge is 2.34. The van der Waals surface area contributed by atoms with Crippen molar-refractivity contribution in [2.45, 2.75) is 6.92 Å². The molecule has 0 atom stereocenters. The van der Waals surface area contributed by atoms with Crippen LogP contribution in [0.1, 0.15) is 21.5 Å². The van der Waals surface area contributed by atoms with E-state index in [2.05, 4.69) is 0 Å². The Hall–Kier alpha value is -3.75. The number of esters is 1. The highest BCUT2D eigenvalue weighted by molar-refractivity contribution is 8.18. The summed E-state index contributed by atoms with van der Waals surface area (Å²) in [6.45, 7) is 2.16. The quantitative estimate of drug-likeness (QED) is 0.204. The molecule has 0 spiro atoms. The van der Waals surface area contributed by atoms with Crippen molar-refractivity contribution in [3.63, 3.8) is 0 Å². The molecular weight excluding hydrogens is 502 g/mol. The first-order chi connectivity index (χ1) is 17.3. The summed E-state index contributed by atoms with van der Waals surface area (Å²) in [5.74, 6) is 0.247. The number of hydrogen-bond donors (Lipinski definition) is 0. The van der Waals surface area contributed by atoms with Gasteiger partial charge in [0, 0.05) is 5.02 Å². The Balaban J connectivity index is 1.42. The van der Waals surface area contributed by atoms with Gasteiger partial charge in [-0.25, -0.2) is 4.79 Å². The molecule has 1 saturated heterocycles. The van der Waals surface area contributed by atoms with Crippen LogP contribution in [0.25, 0.3) is 6.08 Å². The molecule has 36 heavy (non-hydrogen) atoms. The summed E-state index contributed by atoms with van der Waals surface area (Å²) in [5, 5.41) is 0.217. The van der Waals surface area contributed by atoms with Crippen molar-refractivity contribution < 1.29 is 28.6 Å². The number of ether oxygens (including phenoxy) is 3.